The van der Waals surface area contributed by atoms with Gasteiger partial charge in [0.05, 0.1) is 11.4 Å². The van der Waals surface area contributed by atoms with Gasteiger partial charge in [0.25, 0.3) is 12.0 Å². The fourth-order valence-electron chi connectivity index (χ4n) is 0.702. The first kappa shape index (κ1) is 9.18. The average Bonchev–Trinajstić information content (AvgIpc) is 1.99. The molecule has 0 saturated heterocycles. The predicted octanol–water partition coefficient (Wildman–Crippen LogP) is 1.66. The first-order valence-electron chi connectivity index (χ1n) is 2.98. The molecule has 0 atom stereocenters. The number of anilines is 1. The Morgan fingerprint density at radius 2 is 2.17 bits per heavy atom. The van der Waals surface area contributed by atoms with Crippen LogP contribution in [0.1, 0.15) is 12.1 Å². The smallest absolute Gasteiger partial charge is 0.278 e. The van der Waals surface area contributed by atoms with E-state index < -0.39 is 17.7 Å². The van der Waals surface area contributed by atoms with E-state index in [0.717, 1.165) is 6.07 Å². The molecule has 1 heterocycles. The van der Waals surface area contributed by atoms with E-state index in [2.05, 4.69) is 15.9 Å². The predicted molar refractivity (Wildman–Crippen MR) is 44.1 cm³/mol. The third-order valence-electron chi connectivity index (χ3n) is 1.26. The largest absolute Gasteiger partial charge is 0.398 e. The molecule has 6 heteroatoms. The molecule has 0 unspecified atom stereocenters. The van der Waals surface area contributed by atoms with Crippen LogP contribution in [0, 0.1) is 0 Å². The minimum atomic E-state index is -2.71. The molecular formula is C6H5BrF2N2O. The molecule has 0 amide bonds. The van der Waals surface area contributed by atoms with Crippen molar-refractivity contribution in [3.05, 3.63) is 26.6 Å². The summed E-state index contributed by atoms with van der Waals surface area (Å²) in [6.07, 6.45) is -2.71. The lowest BCUT2D eigenvalue weighted by molar-refractivity contribution is 0.146. The Morgan fingerprint density at radius 1 is 1.58 bits per heavy atom. The molecule has 0 aliphatic carbocycles. The Labute approximate surface area is 74.7 Å². The number of nitrogen functional groups attached to an aromatic ring is 1. The first-order chi connectivity index (χ1) is 5.52. The maximum Gasteiger partial charge on any atom is 0.278 e. The molecule has 0 aliphatic rings. The molecule has 1 aromatic rings. The number of aromatic nitrogens is 1. The molecule has 3 N–H and O–H groups in total. The molecule has 0 saturated carbocycles. The van der Waals surface area contributed by atoms with E-state index in [0.29, 0.717) is 0 Å². The zero-order valence-electron chi connectivity index (χ0n) is 5.77. The topological polar surface area (TPSA) is 58.9 Å². The highest BCUT2D eigenvalue weighted by molar-refractivity contribution is 9.10. The van der Waals surface area contributed by atoms with Gasteiger partial charge in [0.2, 0.25) is 0 Å². The number of hydrogen-bond acceptors (Lipinski definition) is 2. The monoisotopic (exact) mass is 238 g/mol. The number of hydrogen-bond donors (Lipinski definition) is 2. The van der Waals surface area contributed by atoms with Crippen LogP contribution >= 0.6 is 15.9 Å². The fraction of sp³-hybridized carbons (Fsp3) is 0.167. The second kappa shape index (κ2) is 3.22. The van der Waals surface area contributed by atoms with Gasteiger partial charge in [-0.15, -0.1) is 0 Å². The second-order valence-corrected chi connectivity index (χ2v) is 2.92. The van der Waals surface area contributed by atoms with E-state index in [1.807, 2.05) is 4.98 Å². The maximum absolute atomic E-state index is 12.0. The van der Waals surface area contributed by atoms with E-state index in [4.69, 9.17) is 5.73 Å². The molecule has 0 bridgehead atoms. The van der Waals surface area contributed by atoms with E-state index in [-0.39, 0.29) is 10.2 Å². The van der Waals surface area contributed by atoms with Crippen molar-refractivity contribution < 1.29 is 8.78 Å². The number of alkyl halides is 2. The Morgan fingerprint density at radius 3 is 2.58 bits per heavy atom. The van der Waals surface area contributed by atoms with Crippen molar-refractivity contribution in [2.24, 2.45) is 0 Å². The van der Waals surface area contributed by atoms with Crippen LogP contribution in [0.4, 0.5) is 14.5 Å². The van der Waals surface area contributed by atoms with E-state index in [9.17, 15) is 13.6 Å². The number of aromatic amines is 1. The van der Waals surface area contributed by atoms with E-state index in [1.54, 1.807) is 0 Å². The van der Waals surface area contributed by atoms with Gasteiger partial charge in [-0.3, -0.25) is 4.79 Å². The number of pyridine rings is 1. The summed E-state index contributed by atoms with van der Waals surface area (Å²) in [5.41, 5.74) is 4.15. The zero-order valence-corrected chi connectivity index (χ0v) is 7.36. The van der Waals surface area contributed by atoms with Crippen LogP contribution < -0.4 is 11.3 Å². The Bertz CT molecular complexity index is 350. The molecule has 0 spiro atoms. The molecule has 1 rings (SSSR count). The highest BCUT2D eigenvalue weighted by Crippen LogP contribution is 2.20. The van der Waals surface area contributed by atoms with Gasteiger partial charge in [-0.1, -0.05) is 0 Å². The quantitative estimate of drug-likeness (QED) is 0.782. The van der Waals surface area contributed by atoms with Gasteiger partial charge in [-0.2, -0.15) is 0 Å². The van der Waals surface area contributed by atoms with Crippen LogP contribution in [-0.2, 0) is 0 Å². The third-order valence-corrected chi connectivity index (χ3v) is 2.07. The molecule has 66 valence electrons. The molecule has 12 heavy (non-hydrogen) atoms. The Kier molecular flexibility index (Phi) is 2.46. The van der Waals surface area contributed by atoms with Crippen LogP contribution in [0.15, 0.2) is 15.3 Å². The van der Waals surface area contributed by atoms with Gasteiger partial charge in [0.1, 0.15) is 4.47 Å². The summed E-state index contributed by atoms with van der Waals surface area (Å²) >= 11 is 2.85. The molecule has 0 fully saturated rings. The lowest BCUT2D eigenvalue weighted by atomic mass is 10.3. The summed E-state index contributed by atoms with van der Waals surface area (Å²) in [7, 11) is 0. The molecule has 0 radical (unpaired) electrons. The van der Waals surface area contributed by atoms with Crippen molar-refractivity contribution in [1.29, 1.82) is 0 Å². The maximum atomic E-state index is 12.0. The number of nitrogens with two attached hydrogens (primary N) is 1. The van der Waals surface area contributed by atoms with Crippen molar-refractivity contribution in [1.82, 2.24) is 4.98 Å². The van der Waals surface area contributed by atoms with Crippen LogP contribution in [0.2, 0.25) is 0 Å². The molecule has 0 aromatic carbocycles. The van der Waals surface area contributed by atoms with Crippen molar-refractivity contribution >= 4 is 21.6 Å². The standard InChI is InChI=1S/C6H5BrF2N2O/c7-4-2(10)1-3(5(8)9)11-6(4)12/h1,5H,(H3,10,11,12). The number of nitrogens with one attached hydrogen (secondary N) is 1. The molecule has 3 nitrogen and oxygen atoms in total. The van der Waals surface area contributed by atoms with Gasteiger partial charge in [-0.25, -0.2) is 8.78 Å². The van der Waals surface area contributed by atoms with Gasteiger partial charge in [-0.05, 0) is 22.0 Å². The van der Waals surface area contributed by atoms with Crippen LogP contribution in [0.3, 0.4) is 0 Å². The van der Waals surface area contributed by atoms with Gasteiger partial charge in [0, 0.05) is 0 Å². The lowest BCUT2D eigenvalue weighted by Crippen LogP contribution is -2.12. The van der Waals surface area contributed by atoms with Crippen molar-refractivity contribution in [2.75, 3.05) is 5.73 Å². The Hall–Kier alpha value is -0.910. The van der Waals surface area contributed by atoms with E-state index >= 15 is 0 Å². The molecular weight excluding hydrogens is 234 g/mol. The summed E-state index contributed by atoms with van der Waals surface area (Å²) in [6.45, 7) is 0. The van der Waals surface area contributed by atoms with Crippen LogP contribution in [0.5, 0.6) is 0 Å². The van der Waals surface area contributed by atoms with Gasteiger partial charge < -0.3 is 10.7 Å². The third kappa shape index (κ3) is 1.63. The SMILES string of the molecule is Nc1cc(C(F)F)[nH]c(=O)c1Br. The number of rotatable bonds is 1. The molecule has 0 aliphatic heterocycles. The minimum Gasteiger partial charge on any atom is -0.398 e. The number of halogens is 3. The minimum absolute atomic E-state index is 0.00838. The highest BCUT2D eigenvalue weighted by atomic mass is 79.9. The zero-order chi connectivity index (χ0) is 9.30. The lowest BCUT2D eigenvalue weighted by Gasteiger charge is -2.01. The van der Waals surface area contributed by atoms with E-state index in [1.165, 1.54) is 0 Å². The van der Waals surface area contributed by atoms with Gasteiger partial charge >= 0.3 is 0 Å². The van der Waals surface area contributed by atoms with Crippen molar-refractivity contribution in [3.8, 4) is 0 Å². The van der Waals surface area contributed by atoms with Crippen LogP contribution in [-0.4, -0.2) is 4.98 Å². The van der Waals surface area contributed by atoms with Crippen molar-refractivity contribution in [2.45, 2.75) is 6.43 Å². The van der Waals surface area contributed by atoms with Crippen molar-refractivity contribution in [3.63, 3.8) is 0 Å². The number of H-pyrrole nitrogens is 1. The normalized spacial score (nSPS) is 10.7. The average molecular weight is 239 g/mol. The summed E-state index contributed by atoms with van der Waals surface area (Å²) in [5.74, 6) is 0. The molecule has 1 aromatic heterocycles. The first-order valence-corrected chi connectivity index (χ1v) is 3.78. The van der Waals surface area contributed by atoms with Gasteiger partial charge in [0.15, 0.2) is 0 Å². The second-order valence-electron chi connectivity index (χ2n) is 2.12. The van der Waals surface area contributed by atoms with Crippen LogP contribution in [0.25, 0.3) is 0 Å². The summed E-state index contributed by atoms with van der Waals surface area (Å²) < 4.78 is 24.1. The summed E-state index contributed by atoms with van der Waals surface area (Å²) in [4.78, 5) is 12.8. The summed E-state index contributed by atoms with van der Waals surface area (Å²) in [6, 6.07) is 1.02. The Balaban J connectivity index is 3.31. The highest BCUT2D eigenvalue weighted by Gasteiger charge is 2.11. The fourth-order valence-corrected chi connectivity index (χ4v) is 0.915. The summed E-state index contributed by atoms with van der Waals surface area (Å²) in [5, 5.41) is 0.